The first kappa shape index (κ1) is 31.1. The summed E-state index contributed by atoms with van der Waals surface area (Å²) in [4.78, 5) is 32.0. The van der Waals surface area contributed by atoms with Crippen molar-refractivity contribution in [2.75, 3.05) is 58.3 Å². The summed E-state index contributed by atoms with van der Waals surface area (Å²) in [6, 6.07) is 12.0. The van der Waals surface area contributed by atoms with Crippen LogP contribution in [0, 0.1) is 20.2 Å². The van der Waals surface area contributed by atoms with E-state index in [2.05, 4.69) is 21.2 Å². The van der Waals surface area contributed by atoms with Gasteiger partial charge in [-0.25, -0.2) is 0 Å². The first-order valence-electron chi connectivity index (χ1n) is 11.7. The predicted molar refractivity (Wildman–Crippen MR) is 140 cm³/mol. The van der Waals surface area contributed by atoms with Crippen LogP contribution < -0.4 is 10.1 Å². The van der Waals surface area contributed by atoms with E-state index in [1.165, 1.54) is 36.4 Å². The number of ether oxygens (including phenoxy) is 5. The summed E-state index contributed by atoms with van der Waals surface area (Å²) < 4.78 is 27.6. The first-order chi connectivity index (χ1) is 18.4. The number of hydrogen-bond donors (Lipinski definition) is 1. The number of hydrogen-bond acceptors (Lipinski definition) is 10. The van der Waals surface area contributed by atoms with Crippen molar-refractivity contribution in [2.45, 2.75) is 12.5 Å². The number of benzene rings is 2. The maximum atomic E-state index is 11.6. The molecular formula is C24H30BrN3O10. The molecule has 0 aromatic heterocycles. The molecule has 38 heavy (non-hydrogen) atoms. The van der Waals surface area contributed by atoms with Gasteiger partial charge in [-0.2, -0.15) is 0 Å². The maximum Gasteiger partial charge on any atom is 0.269 e. The molecule has 0 radical (unpaired) electrons. The molecule has 208 valence electrons. The molecule has 0 saturated carbocycles. The van der Waals surface area contributed by atoms with Crippen LogP contribution in [-0.2, 0) is 30.2 Å². The molecule has 2 rings (SSSR count). The van der Waals surface area contributed by atoms with E-state index < -0.39 is 16.0 Å². The molecule has 0 aliphatic rings. The highest BCUT2D eigenvalue weighted by Crippen LogP contribution is 2.17. The molecule has 0 heterocycles. The molecule has 0 aliphatic heterocycles. The molecule has 1 unspecified atom stereocenters. The minimum absolute atomic E-state index is 0.0271. The van der Waals surface area contributed by atoms with Gasteiger partial charge in [0.2, 0.25) is 5.91 Å². The third kappa shape index (κ3) is 12.9. The molecular weight excluding hydrogens is 570 g/mol. The molecule has 0 fully saturated rings. The molecule has 1 N–H and O–H groups in total. The molecule has 1 atom stereocenters. The van der Waals surface area contributed by atoms with Gasteiger partial charge in [0.15, 0.2) is 6.79 Å². The number of rotatable bonds is 20. The van der Waals surface area contributed by atoms with E-state index >= 15 is 0 Å². The van der Waals surface area contributed by atoms with Gasteiger partial charge in [0.05, 0.1) is 60.9 Å². The van der Waals surface area contributed by atoms with Gasteiger partial charge in [0.25, 0.3) is 11.4 Å². The van der Waals surface area contributed by atoms with Crippen LogP contribution in [0.25, 0.3) is 0 Å². The third-order valence-corrected chi connectivity index (χ3v) is 5.45. The van der Waals surface area contributed by atoms with Crippen molar-refractivity contribution < 1.29 is 38.3 Å². The number of amides is 1. The van der Waals surface area contributed by atoms with Gasteiger partial charge in [-0.15, -0.1) is 0 Å². The van der Waals surface area contributed by atoms with Gasteiger partial charge in [0.1, 0.15) is 5.75 Å². The van der Waals surface area contributed by atoms with Gasteiger partial charge in [0, 0.05) is 30.8 Å². The highest BCUT2D eigenvalue weighted by molar-refractivity contribution is 9.09. The minimum Gasteiger partial charge on any atom is -0.468 e. The zero-order valence-electron chi connectivity index (χ0n) is 20.6. The predicted octanol–water partition coefficient (Wildman–Crippen LogP) is 3.03. The van der Waals surface area contributed by atoms with Crippen molar-refractivity contribution in [3.8, 4) is 5.75 Å². The Balaban J connectivity index is 1.58. The molecule has 1 amide bonds. The lowest BCUT2D eigenvalue weighted by atomic mass is 10.1. The Bertz CT molecular complexity index is 992. The molecule has 0 saturated heterocycles. The van der Waals surface area contributed by atoms with E-state index in [1.54, 1.807) is 12.1 Å². The lowest BCUT2D eigenvalue weighted by molar-refractivity contribution is -0.385. The van der Waals surface area contributed by atoms with Crippen LogP contribution in [0.15, 0.2) is 48.5 Å². The smallest absolute Gasteiger partial charge is 0.269 e. The lowest BCUT2D eigenvalue weighted by Crippen LogP contribution is -2.37. The number of nitro groups is 2. The first-order valence-corrected chi connectivity index (χ1v) is 12.8. The van der Waals surface area contributed by atoms with Gasteiger partial charge >= 0.3 is 0 Å². The summed E-state index contributed by atoms with van der Waals surface area (Å²) >= 11 is 3.09. The summed E-state index contributed by atoms with van der Waals surface area (Å²) in [6.45, 7) is 2.01. The highest BCUT2D eigenvalue weighted by Gasteiger charge is 2.12. The summed E-state index contributed by atoms with van der Waals surface area (Å²) in [5.41, 5.74) is 0.961. The van der Waals surface area contributed by atoms with Gasteiger partial charge in [-0.1, -0.05) is 28.1 Å². The number of alkyl halides is 1. The second kappa shape index (κ2) is 18.1. The van der Waals surface area contributed by atoms with E-state index in [9.17, 15) is 25.0 Å². The van der Waals surface area contributed by atoms with Crippen LogP contribution in [0.1, 0.15) is 5.56 Å². The fraction of sp³-hybridized carbons (Fsp3) is 0.458. The third-order valence-electron chi connectivity index (χ3n) is 4.94. The molecule has 2 aromatic carbocycles. The molecule has 0 bridgehead atoms. The van der Waals surface area contributed by atoms with E-state index in [0.29, 0.717) is 32.0 Å². The van der Waals surface area contributed by atoms with Crippen LogP contribution in [0.5, 0.6) is 5.75 Å². The monoisotopic (exact) mass is 599 g/mol. The quantitative estimate of drug-likeness (QED) is 0.0786. The van der Waals surface area contributed by atoms with Crippen molar-refractivity contribution in [3.05, 3.63) is 74.3 Å². The molecule has 0 spiro atoms. The van der Waals surface area contributed by atoms with E-state index in [0.717, 1.165) is 5.56 Å². The fourth-order valence-corrected chi connectivity index (χ4v) is 3.15. The van der Waals surface area contributed by atoms with Crippen molar-refractivity contribution in [3.63, 3.8) is 0 Å². The molecule has 13 nitrogen and oxygen atoms in total. The zero-order chi connectivity index (χ0) is 27.6. The fourth-order valence-electron chi connectivity index (χ4n) is 2.96. The minimum atomic E-state index is -0.490. The molecule has 2 aromatic rings. The largest absolute Gasteiger partial charge is 0.468 e. The number of nitrogens with zero attached hydrogens (tertiary/aromatic N) is 2. The Kier molecular flexibility index (Phi) is 14.8. The van der Waals surface area contributed by atoms with Crippen LogP contribution in [0.3, 0.4) is 0 Å². The Morgan fingerprint density at radius 3 is 2.08 bits per heavy atom. The number of halogens is 1. The molecule has 14 heteroatoms. The second-order valence-corrected chi connectivity index (χ2v) is 8.27. The summed E-state index contributed by atoms with van der Waals surface area (Å²) in [5, 5.41) is 24.3. The summed E-state index contributed by atoms with van der Waals surface area (Å²) in [5.74, 6) is 0.260. The van der Waals surface area contributed by atoms with Crippen molar-refractivity contribution in [1.82, 2.24) is 5.32 Å². The van der Waals surface area contributed by atoms with Gasteiger partial charge < -0.3 is 29.0 Å². The topological polar surface area (TPSA) is 162 Å². The highest BCUT2D eigenvalue weighted by atomic mass is 79.9. The van der Waals surface area contributed by atoms with Crippen LogP contribution in [0.4, 0.5) is 11.4 Å². The van der Waals surface area contributed by atoms with Crippen molar-refractivity contribution in [2.24, 2.45) is 0 Å². The summed E-state index contributed by atoms with van der Waals surface area (Å²) in [7, 11) is 0. The number of non-ortho nitro benzene ring substituents is 2. The number of nitrogens with one attached hydrogen (secondary N) is 1. The average molecular weight is 600 g/mol. The van der Waals surface area contributed by atoms with Crippen LogP contribution >= 0.6 is 15.9 Å². The van der Waals surface area contributed by atoms with E-state index in [-0.39, 0.29) is 55.8 Å². The normalized spacial score (nSPS) is 11.6. The van der Waals surface area contributed by atoms with Gasteiger partial charge in [-0.3, -0.25) is 25.0 Å². The van der Waals surface area contributed by atoms with E-state index in [4.69, 9.17) is 23.7 Å². The Labute approximate surface area is 227 Å². The Hall–Kier alpha value is -3.17. The SMILES string of the molecule is O=C(CBr)NCC(COCCOCCc1ccc([N+](=O)[O-])cc1)OCCOCOc1ccc([N+](=O)[O-])cc1. The Morgan fingerprint density at radius 2 is 1.45 bits per heavy atom. The maximum absolute atomic E-state index is 11.6. The van der Waals surface area contributed by atoms with Crippen molar-refractivity contribution >= 4 is 33.2 Å². The lowest BCUT2D eigenvalue weighted by Gasteiger charge is -2.19. The summed E-state index contributed by atoms with van der Waals surface area (Å²) in [6.07, 6.45) is 0.216. The second-order valence-electron chi connectivity index (χ2n) is 7.71. The van der Waals surface area contributed by atoms with Crippen LogP contribution in [0.2, 0.25) is 0 Å². The van der Waals surface area contributed by atoms with Crippen molar-refractivity contribution in [1.29, 1.82) is 0 Å². The number of carbonyl (C=O) groups excluding carboxylic acids is 1. The Morgan fingerprint density at radius 1 is 0.842 bits per heavy atom. The van der Waals surface area contributed by atoms with Gasteiger partial charge in [-0.05, 0) is 24.1 Å². The number of carbonyl (C=O) groups is 1. The van der Waals surface area contributed by atoms with E-state index in [1.807, 2.05) is 0 Å². The average Bonchev–Trinajstić information content (AvgIpc) is 2.92. The van der Waals surface area contributed by atoms with Crippen LogP contribution in [-0.4, -0.2) is 80.2 Å². The zero-order valence-corrected chi connectivity index (χ0v) is 22.2. The number of nitro benzene ring substituents is 2. The molecule has 0 aliphatic carbocycles. The standard InChI is InChI=1S/C24H30BrN3O10/c25-15-24(29)26-16-23(37-14-13-36-18-38-22-7-5-21(6-8-22)28(32)33)17-35-12-11-34-10-9-19-1-3-20(4-2-19)27(30)31/h1-8,23H,9-18H2,(H,26,29).